The fraction of sp³-hybridized carbons (Fsp3) is 0.412. The number of ether oxygens (including phenoxy) is 1. The van der Waals surface area contributed by atoms with E-state index in [0.717, 1.165) is 3.57 Å². The lowest BCUT2D eigenvalue weighted by molar-refractivity contribution is 0.297. The van der Waals surface area contributed by atoms with Crippen LogP contribution in [0.4, 0.5) is 0 Å². The minimum absolute atomic E-state index is 0.175. The number of nitrogens with zero attached hydrogens (tertiary/aromatic N) is 2. The Labute approximate surface area is 186 Å². The van der Waals surface area contributed by atoms with E-state index < -0.39 is 16.6 Å². The zero-order valence-electron chi connectivity index (χ0n) is 16.2. The normalized spacial score (nSPS) is 12.0. The van der Waals surface area contributed by atoms with E-state index in [1.54, 1.807) is 18.2 Å². The van der Waals surface area contributed by atoms with Crippen LogP contribution in [0.5, 0.6) is 17.6 Å². The highest BCUT2D eigenvalue weighted by Gasteiger charge is 2.25. The molecule has 1 heterocycles. The Hall–Kier alpha value is -0.556. The lowest BCUT2D eigenvalue weighted by atomic mass is 10.3. The van der Waals surface area contributed by atoms with Crippen molar-refractivity contribution in [3.63, 3.8) is 0 Å². The summed E-state index contributed by atoms with van der Waals surface area (Å²) in [6.45, 7) is 12.7. The molecule has 148 valence electrons. The van der Waals surface area contributed by atoms with Crippen molar-refractivity contribution in [2.45, 2.75) is 45.9 Å². The van der Waals surface area contributed by atoms with Crippen LogP contribution < -0.4 is 13.6 Å². The van der Waals surface area contributed by atoms with Gasteiger partial charge in [-0.05, 0) is 74.0 Å². The fourth-order valence-electron chi connectivity index (χ4n) is 1.98. The first-order chi connectivity index (χ1) is 12.4. The van der Waals surface area contributed by atoms with E-state index in [1.807, 2.05) is 0 Å². The molecule has 0 amide bonds. The lowest BCUT2D eigenvalue weighted by Gasteiger charge is -2.23. The van der Waals surface area contributed by atoms with E-state index in [4.69, 9.17) is 36.8 Å². The Kier molecular flexibility index (Phi) is 7.45. The molecule has 0 unspecified atom stereocenters. The molecule has 0 saturated heterocycles. The third-order valence-electron chi connectivity index (χ3n) is 2.94. The number of aromatic nitrogens is 2. The number of hydrogen-bond acceptors (Lipinski definition) is 5. The maximum absolute atomic E-state index is 6.19. The molecule has 0 radical (unpaired) electrons. The SMILES string of the molecule is C[Si](C)(C)Oc1nc(COc2c(Cl)cccc2Cl)c(I)c(O[Si](C)(C)C)n1. The van der Waals surface area contributed by atoms with Gasteiger partial charge in [0.15, 0.2) is 5.75 Å². The highest BCUT2D eigenvalue weighted by molar-refractivity contribution is 14.1. The highest BCUT2D eigenvalue weighted by Crippen LogP contribution is 2.34. The molecule has 0 atom stereocenters. The van der Waals surface area contributed by atoms with Crippen LogP contribution >= 0.6 is 45.8 Å². The summed E-state index contributed by atoms with van der Waals surface area (Å²) < 4.78 is 18.8. The summed E-state index contributed by atoms with van der Waals surface area (Å²) in [5.74, 6) is 0.956. The van der Waals surface area contributed by atoms with E-state index >= 15 is 0 Å². The Morgan fingerprint density at radius 1 is 0.926 bits per heavy atom. The molecular formula is C17H23Cl2IN2O3Si2. The monoisotopic (exact) mass is 556 g/mol. The van der Waals surface area contributed by atoms with Crippen LogP contribution in [-0.4, -0.2) is 26.6 Å². The Morgan fingerprint density at radius 3 is 2.00 bits per heavy atom. The summed E-state index contributed by atoms with van der Waals surface area (Å²) in [4.78, 5) is 9.03. The molecule has 2 aromatic rings. The smallest absolute Gasteiger partial charge is 0.306 e. The van der Waals surface area contributed by atoms with Crippen molar-refractivity contribution >= 4 is 62.4 Å². The van der Waals surface area contributed by atoms with Crippen molar-refractivity contribution in [2.75, 3.05) is 0 Å². The molecule has 0 aliphatic carbocycles. The number of rotatable bonds is 7. The van der Waals surface area contributed by atoms with Crippen LogP contribution in [0.15, 0.2) is 18.2 Å². The quantitative estimate of drug-likeness (QED) is 0.292. The molecule has 0 aliphatic rings. The molecule has 0 fully saturated rings. The molecule has 1 aromatic carbocycles. The van der Waals surface area contributed by atoms with Gasteiger partial charge in [0.1, 0.15) is 12.3 Å². The first kappa shape index (κ1) is 22.7. The maximum Gasteiger partial charge on any atom is 0.306 e. The third-order valence-corrected chi connectivity index (χ3v) is 6.22. The van der Waals surface area contributed by atoms with E-state index in [9.17, 15) is 0 Å². The summed E-state index contributed by atoms with van der Waals surface area (Å²) in [6, 6.07) is 5.54. The Bertz CT molecular complexity index is 807. The van der Waals surface area contributed by atoms with Gasteiger partial charge in [-0.25, -0.2) is 0 Å². The standard InChI is InChI=1S/C17H23Cl2IN2O3Si2/c1-26(2,3)24-16-14(20)13(21-17(22-16)25-27(4,5)6)10-23-15-11(18)8-7-9-12(15)19/h7-9H,10H2,1-6H3. The molecule has 0 aliphatic heterocycles. The van der Waals surface area contributed by atoms with Crippen LogP contribution in [0, 0.1) is 3.57 Å². The van der Waals surface area contributed by atoms with Crippen LogP contribution in [0.3, 0.4) is 0 Å². The lowest BCUT2D eigenvalue weighted by Crippen LogP contribution is -2.32. The number of benzene rings is 1. The molecule has 27 heavy (non-hydrogen) atoms. The van der Waals surface area contributed by atoms with Gasteiger partial charge in [-0.3, -0.25) is 0 Å². The van der Waals surface area contributed by atoms with Crippen LogP contribution in [0.25, 0.3) is 0 Å². The fourth-order valence-corrected chi connectivity index (χ4v) is 4.57. The number of hydrogen-bond donors (Lipinski definition) is 0. The summed E-state index contributed by atoms with van der Waals surface area (Å²) in [5.41, 5.74) is 0.670. The van der Waals surface area contributed by atoms with Gasteiger partial charge in [0.05, 0.1) is 13.6 Å². The van der Waals surface area contributed by atoms with Crippen molar-refractivity contribution in [2.24, 2.45) is 0 Å². The second-order valence-corrected chi connectivity index (χ2v) is 18.6. The zero-order chi connectivity index (χ0) is 20.4. The average molecular weight is 557 g/mol. The largest absolute Gasteiger partial charge is 0.531 e. The predicted molar refractivity (Wildman–Crippen MR) is 123 cm³/mol. The minimum Gasteiger partial charge on any atom is -0.531 e. The topological polar surface area (TPSA) is 53.5 Å². The summed E-state index contributed by atoms with van der Waals surface area (Å²) in [5, 5.41) is 0.896. The van der Waals surface area contributed by atoms with Gasteiger partial charge in [-0.15, -0.1) is 0 Å². The van der Waals surface area contributed by atoms with Gasteiger partial charge in [-0.2, -0.15) is 9.97 Å². The van der Waals surface area contributed by atoms with E-state index in [-0.39, 0.29) is 6.61 Å². The molecule has 0 spiro atoms. The second-order valence-electron chi connectivity index (χ2n) is 7.84. The van der Waals surface area contributed by atoms with Gasteiger partial charge in [-0.1, -0.05) is 29.3 Å². The molecular weight excluding hydrogens is 534 g/mol. The number of para-hydroxylation sites is 1. The molecule has 0 bridgehead atoms. The third kappa shape index (κ3) is 7.08. The van der Waals surface area contributed by atoms with Gasteiger partial charge in [0, 0.05) is 0 Å². The summed E-state index contributed by atoms with van der Waals surface area (Å²) in [7, 11) is -3.74. The Morgan fingerprint density at radius 2 is 1.48 bits per heavy atom. The van der Waals surface area contributed by atoms with Gasteiger partial charge in [0.25, 0.3) is 0 Å². The van der Waals surface area contributed by atoms with E-state index in [2.05, 4.69) is 71.8 Å². The van der Waals surface area contributed by atoms with Crippen LogP contribution in [0.2, 0.25) is 49.3 Å². The molecule has 1 aromatic heterocycles. The molecule has 5 nitrogen and oxygen atoms in total. The Balaban J connectivity index is 2.38. The van der Waals surface area contributed by atoms with Crippen molar-refractivity contribution in [3.05, 3.63) is 37.5 Å². The van der Waals surface area contributed by atoms with Gasteiger partial charge < -0.3 is 13.6 Å². The first-order valence-corrected chi connectivity index (χ1v) is 17.0. The van der Waals surface area contributed by atoms with Gasteiger partial charge in [0.2, 0.25) is 22.5 Å². The molecule has 0 N–H and O–H groups in total. The zero-order valence-corrected chi connectivity index (χ0v) is 21.9. The summed E-state index contributed by atoms with van der Waals surface area (Å²) in [6.07, 6.45) is 0. The van der Waals surface area contributed by atoms with Crippen molar-refractivity contribution < 1.29 is 13.6 Å². The van der Waals surface area contributed by atoms with Crippen molar-refractivity contribution in [1.29, 1.82) is 0 Å². The van der Waals surface area contributed by atoms with Gasteiger partial charge >= 0.3 is 6.01 Å². The molecule has 2 rings (SSSR count). The van der Waals surface area contributed by atoms with Crippen molar-refractivity contribution in [3.8, 4) is 17.6 Å². The minimum atomic E-state index is -1.88. The van der Waals surface area contributed by atoms with Crippen molar-refractivity contribution in [1.82, 2.24) is 9.97 Å². The number of halogens is 3. The maximum atomic E-state index is 6.19. The predicted octanol–water partition coefficient (Wildman–Crippen LogP) is 6.39. The van der Waals surface area contributed by atoms with E-state index in [0.29, 0.717) is 33.4 Å². The summed E-state index contributed by atoms with van der Waals surface area (Å²) >= 11 is 14.6. The highest BCUT2D eigenvalue weighted by atomic mass is 127. The van der Waals surface area contributed by atoms with Crippen LogP contribution in [-0.2, 0) is 6.61 Å². The molecule has 10 heteroatoms. The average Bonchev–Trinajstić information content (AvgIpc) is 2.47. The molecule has 0 saturated carbocycles. The second kappa shape index (κ2) is 8.85. The van der Waals surface area contributed by atoms with Crippen LogP contribution in [0.1, 0.15) is 5.69 Å². The first-order valence-electron chi connectivity index (χ1n) is 8.37. The van der Waals surface area contributed by atoms with E-state index in [1.165, 1.54) is 0 Å².